The van der Waals surface area contributed by atoms with Gasteiger partial charge in [-0.3, -0.25) is 0 Å². The lowest BCUT2D eigenvalue weighted by molar-refractivity contribution is 0.460. The van der Waals surface area contributed by atoms with Crippen LogP contribution in [0.5, 0.6) is 11.6 Å². The largest absolute Gasteiger partial charge is 0.437 e. The Balaban J connectivity index is 2.28. The summed E-state index contributed by atoms with van der Waals surface area (Å²) in [5.41, 5.74) is 6.05. The number of nitrogen functional groups attached to an aromatic ring is 1. The SMILES string of the molecule is Nc1cccnc1Oc1ccc(Br)c(F)c1. The maximum atomic E-state index is 13.2. The fourth-order valence-corrected chi connectivity index (χ4v) is 1.39. The Hall–Kier alpha value is -1.62. The van der Waals surface area contributed by atoms with Crippen LogP contribution in [0.1, 0.15) is 0 Å². The summed E-state index contributed by atoms with van der Waals surface area (Å²) in [5, 5.41) is 0. The molecule has 0 saturated carbocycles. The summed E-state index contributed by atoms with van der Waals surface area (Å²) in [6.45, 7) is 0. The molecule has 0 unspecified atom stereocenters. The van der Waals surface area contributed by atoms with E-state index in [1.165, 1.54) is 6.07 Å². The molecule has 0 aliphatic carbocycles. The van der Waals surface area contributed by atoms with Gasteiger partial charge in [0.05, 0.1) is 10.2 Å². The van der Waals surface area contributed by atoms with E-state index in [0.29, 0.717) is 15.9 Å². The van der Waals surface area contributed by atoms with Crippen molar-refractivity contribution in [3.63, 3.8) is 0 Å². The number of rotatable bonds is 2. The van der Waals surface area contributed by atoms with Gasteiger partial charge in [-0.1, -0.05) is 0 Å². The number of hydrogen-bond donors (Lipinski definition) is 1. The van der Waals surface area contributed by atoms with Crippen molar-refractivity contribution in [2.45, 2.75) is 0 Å². The minimum Gasteiger partial charge on any atom is -0.437 e. The molecule has 0 atom stereocenters. The van der Waals surface area contributed by atoms with Gasteiger partial charge in [0.2, 0.25) is 5.88 Å². The molecule has 0 saturated heterocycles. The number of nitrogens with zero attached hydrogens (tertiary/aromatic N) is 1. The van der Waals surface area contributed by atoms with Gasteiger partial charge in [-0.2, -0.15) is 0 Å². The van der Waals surface area contributed by atoms with Crippen molar-refractivity contribution in [3.8, 4) is 11.6 Å². The molecule has 0 aliphatic rings. The smallest absolute Gasteiger partial charge is 0.242 e. The molecule has 0 radical (unpaired) electrons. The number of benzene rings is 1. The predicted octanol–water partition coefficient (Wildman–Crippen LogP) is 3.36. The lowest BCUT2D eigenvalue weighted by Gasteiger charge is -2.06. The first kappa shape index (κ1) is 10.9. The van der Waals surface area contributed by atoms with Gasteiger partial charge in [0, 0.05) is 12.3 Å². The number of ether oxygens (including phenoxy) is 1. The zero-order chi connectivity index (χ0) is 11.5. The molecule has 0 aliphatic heterocycles. The highest BCUT2D eigenvalue weighted by molar-refractivity contribution is 9.10. The number of hydrogen-bond acceptors (Lipinski definition) is 3. The van der Waals surface area contributed by atoms with Gasteiger partial charge in [0.1, 0.15) is 11.6 Å². The molecular weight excluding hydrogens is 275 g/mol. The fourth-order valence-electron chi connectivity index (χ4n) is 1.14. The Labute approximate surface area is 100 Å². The van der Waals surface area contributed by atoms with E-state index in [0.717, 1.165) is 0 Å². The van der Waals surface area contributed by atoms with Crippen LogP contribution in [0.15, 0.2) is 41.0 Å². The molecule has 0 fully saturated rings. The monoisotopic (exact) mass is 282 g/mol. The molecule has 0 spiro atoms. The van der Waals surface area contributed by atoms with Crippen LogP contribution in [0.3, 0.4) is 0 Å². The second-order valence-electron chi connectivity index (χ2n) is 3.08. The first-order valence-electron chi connectivity index (χ1n) is 4.50. The van der Waals surface area contributed by atoms with Gasteiger partial charge in [-0.25, -0.2) is 9.37 Å². The molecule has 2 aromatic rings. The highest BCUT2D eigenvalue weighted by Gasteiger charge is 2.05. The lowest BCUT2D eigenvalue weighted by atomic mass is 10.3. The Kier molecular flexibility index (Phi) is 3.05. The highest BCUT2D eigenvalue weighted by atomic mass is 79.9. The lowest BCUT2D eigenvalue weighted by Crippen LogP contribution is -1.94. The summed E-state index contributed by atoms with van der Waals surface area (Å²) in [4.78, 5) is 3.94. The summed E-state index contributed by atoms with van der Waals surface area (Å²) >= 11 is 3.06. The van der Waals surface area contributed by atoms with Crippen LogP contribution < -0.4 is 10.5 Å². The van der Waals surface area contributed by atoms with Crippen molar-refractivity contribution in [1.82, 2.24) is 4.98 Å². The second kappa shape index (κ2) is 4.49. The third-order valence-corrected chi connectivity index (χ3v) is 2.55. The van der Waals surface area contributed by atoms with Crippen LogP contribution >= 0.6 is 15.9 Å². The number of pyridine rings is 1. The van der Waals surface area contributed by atoms with Crippen molar-refractivity contribution in [2.24, 2.45) is 0 Å². The summed E-state index contributed by atoms with van der Waals surface area (Å²) in [7, 11) is 0. The molecule has 2 N–H and O–H groups in total. The van der Waals surface area contributed by atoms with E-state index in [9.17, 15) is 4.39 Å². The van der Waals surface area contributed by atoms with Gasteiger partial charge in [0.25, 0.3) is 0 Å². The Morgan fingerprint density at radius 3 is 2.81 bits per heavy atom. The zero-order valence-electron chi connectivity index (χ0n) is 8.15. The molecule has 0 bridgehead atoms. The topological polar surface area (TPSA) is 48.1 Å². The van der Waals surface area contributed by atoms with E-state index in [1.807, 2.05) is 0 Å². The summed E-state index contributed by atoms with van der Waals surface area (Å²) in [5.74, 6) is 0.224. The zero-order valence-corrected chi connectivity index (χ0v) is 9.74. The predicted molar refractivity (Wildman–Crippen MR) is 62.8 cm³/mol. The van der Waals surface area contributed by atoms with E-state index in [1.54, 1.807) is 30.5 Å². The minimum atomic E-state index is -0.396. The average Bonchev–Trinajstić information content (AvgIpc) is 2.27. The van der Waals surface area contributed by atoms with E-state index >= 15 is 0 Å². The molecule has 1 heterocycles. The molecule has 2 rings (SSSR count). The number of aromatic nitrogens is 1. The van der Waals surface area contributed by atoms with Crippen molar-refractivity contribution in [1.29, 1.82) is 0 Å². The molecule has 16 heavy (non-hydrogen) atoms. The van der Waals surface area contributed by atoms with Crippen molar-refractivity contribution >= 4 is 21.6 Å². The second-order valence-corrected chi connectivity index (χ2v) is 3.93. The van der Waals surface area contributed by atoms with Gasteiger partial charge < -0.3 is 10.5 Å². The average molecular weight is 283 g/mol. The molecule has 0 amide bonds. The molecule has 82 valence electrons. The highest BCUT2D eigenvalue weighted by Crippen LogP contribution is 2.27. The normalized spacial score (nSPS) is 10.1. The van der Waals surface area contributed by atoms with Crippen molar-refractivity contribution in [2.75, 3.05) is 5.73 Å². The number of nitrogens with two attached hydrogens (primary N) is 1. The van der Waals surface area contributed by atoms with E-state index in [4.69, 9.17) is 10.5 Å². The summed E-state index contributed by atoms with van der Waals surface area (Å²) in [6.07, 6.45) is 1.56. The van der Waals surface area contributed by atoms with Crippen LogP contribution in [0, 0.1) is 5.82 Å². The standard InChI is InChI=1S/C11H8BrFN2O/c12-8-4-3-7(6-9(8)13)16-11-10(14)2-1-5-15-11/h1-6H,14H2. The molecule has 1 aromatic heterocycles. The summed E-state index contributed by atoms with van der Waals surface area (Å²) in [6, 6.07) is 7.81. The van der Waals surface area contributed by atoms with Crippen molar-refractivity contribution < 1.29 is 9.13 Å². The van der Waals surface area contributed by atoms with Crippen LogP contribution in [0.4, 0.5) is 10.1 Å². The third-order valence-electron chi connectivity index (χ3n) is 1.91. The quantitative estimate of drug-likeness (QED) is 0.919. The van der Waals surface area contributed by atoms with Crippen LogP contribution in [0.2, 0.25) is 0 Å². The van der Waals surface area contributed by atoms with Crippen LogP contribution in [0.25, 0.3) is 0 Å². The first-order chi connectivity index (χ1) is 7.66. The van der Waals surface area contributed by atoms with Gasteiger partial charge in [0.15, 0.2) is 0 Å². The van der Waals surface area contributed by atoms with Crippen LogP contribution in [-0.2, 0) is 0 Å². The molecule has 3 nitrogen and oxygen atoms in total. The maximum absolute atomic E-state index is 13.2. The number of anilines is 1. The van der Waals surface area contributed by atoms with E-state index in [-0.39, 0.29) is 5.88 Å². The van der Waals surface area contributed by atoms with Gasteiger partial charge >= 0.3 is 0 Å². The Bertz CT molecular complexity index is 519. The van der Waals surface area contributed by atoms with Crippen LogP contribution in [-0.4, -0.2) is 4.98 Å². The Morgan fingerprint density at radius 1 is 1.31 bits per heavy atom. The first-order valence-corrected chi connectivity index (χ1v) is 5.29. The molecule has 1 aromatic carbocycles. The molecular formula is C11H8BrFN2O. The molecule has 5 heteroatoms. The fraction of sp³-hybridized carbons (Fsp3) is 0. The summed E-state index contributed by atoms with van der Waals surface area (Å²) < 4.78 is 18.9. The third kappa shape index (κ3) is 2.30. The maximum Gasteiger partial charge on any atom is 0.242 e. The number of halogens is 2. The Morgan fingerprint density at radius 2 is 2.12 bits per heavy atom. The van der Waals surface area contributed by atoms with Gasteiger partial charge in [-0.15, -0.1) is 0 Å². The minimum absolute atomic E-state index is 0.268. The van der Waals surface area contributed by atoms with E-state index < -0.39 is 5.82 Å². The van der Waals surface area contributed by atoms with Crippen molar-refractivity contribution in [3.05, 3.63) is 46.8 Å². The van der Waals surface area contributed by atoms with Gasteiger partial charge in [-0.05, 0) is 40.2 Å². The van der Waals surface area contributed by atoms with E-state index in [2.05, 4.69) is 20.9 Å².